The standard InChI is InChI=1S/C10H20N4S/c1-4-5-8(2)7-15-10-13-12-9(6-11)14(10)3/h8H,4-7,11H2,1-3H3. The topological polar surface area (TPSA) is 56.7 Å². The third-order valence-electron chi connectivity index (χ3n) is 2.39. The fraction of sp³-hybridized carbons (Fsp3) is 0.800. The molecule has 0 bridgehead atoms. The van der Waals surface area contributed by atoms with Crippen LogP contribution in [0.5, 0.6) is 0 Å². The molecule has 0 fully saturated rings. The Labute approximate surface area is 95.6 Å². The van der Waals surface area contributed by atoms with Crippen molar-refractivity contribution < 1.29 is 0 Å². The fourth-order valence-electron chi connectivity index (χ4n) is 1.44. The number of rotatable bonds is 6. The lowest BCUT2D eigenvalue weighted by molar-refractivity contribution is 0.583. The minimum atomic E-state index is 0.453. The van der Waals surface area contributed by atoms with Crippen LogP contribution in [0.15, 0.2) is 5.16 Å². The molecule has 86 valence electrons. The van der Waals surface area contributed by atoms with Crippen molar-refractivity contribution in [2.45, 2.75) is 38.4 Å². The summed E-state index contributed by atoms with van der Waals surface area (Å²) < 4.78 is 1.98. The summed E-state index contributed by atoms with van der Waals surface area (Å²) in [6.07, 6.45) is 2.52. The molecule has 0 spiro atoms. The predicted molar refractivity (Wildman–Crippen MR) is 63.7 cm³/mol. The zero-order valence-corrected chi connectivity index (χ0v) is 10.5. The summed E-state index contributed by atoms with van der Waals surface area (Å²) in [6, 6.07) is 0. The Kier molecular flexibility index (Phi) is 5.11. The summed E-state index contributed by atoms with van der Waals surface area (Å²) in [6.45, 7) is 4.95. The smallest absolute Gasteiger partial charge is 0.190 e. The van der Waals surface area contributed by atoms with Gasteiger partial charge in [0.25, 0.3) is 0 Å². The number of nitrogens with zero attached hydrogens (tertiary/aromatic N) is 3. The maximum absolute atomic E-state index is 5.54. The van der Waals surface area contributed by atoms with E-state index in [9.17, 15) is 0 Å². The fourth-order valence-corrected chi connectivity index (χ4v) is 2.44. The van der Waals surface area contributed by atoms with Crippen LogP contribution >= 0.6 is 11.8 Å². The first-order valence-corrected chi connectivity index (χ1v) is 6.38. The van der Waals surface area contributed by atoms with E-state index in [1.165, 1.54) is 12.8 Å². The first-order valence-electron chi connectivity index (χ1n) is 5.40. The zero-order valence-electron chi connectivity index (χ0n) is 9.73. The van der Waals surface area contributed by atoms with Crippen LogP contribution in [0.3, 0.4) is 0 Å². The first kappa shape index (κ1) is 12.5. The summed E-state index contributed by atoms with van der Waals surface area (Å²) in [5.41, 5.74) is 5.54. The van der Waals surface area contributed by atoms with Gasteiger partial charge in [-0.3, -0.25) is 0 Å². The second-order valence-corrected chi connectivity index (χ2v) is 4.85. The van der Waals surface area contributed by atoms with Crippen LogP contribution in [-0.4, -0.2) is 20.5 Å². The van der Waals surface area contributed by atoms with Crippen LogP contribution in [0, 0.1) is 5.92 Å². The van der Waals surface area contributed by atoms with Gasteiger partial charge in [-0.2, -0.15) is 0 Å². The molecule has 0 aliphatic rings. The van der Waals surface area contributed by atoms with Gasteiger partial charge in [0, 0.05) is 12.8 Å². The van der Waals surface area contributed by atoms with Gasteiger partial charge in [-0.25, -0.2) is 0 Å². The molecule has 5 heteroatoms. The quantitative estimate of drug-likeness (QED) is 0.754. The Morgan fingerprint density at radius 2 is 2.20 bits per heavy atom. The van der Waals surface area contributed by atoms with E-state index >= 15 is 0 Å². The molecule has 0 aromatic carbocycles. The first-order chi connectivity index (χ1) is 7.19. The van der Waals surface area contributed by atoms with E-state index in [-0.39, 0.29) is 0 Å². The molecule has 0 saturated carbocycles. The van der Waals surface area contributed by atoms with Gasteiger partial charge >= 0.3 is 0 Å². The lowest BCUT2D eigenvalue weighted by Crippen LogP contribution is -2.06. The summed E-state index contributed by atoms with van der Waals surface area (Å²) in [5, 5.41) is 9.11. The second kappa shape index (κ2) is 6.12. The predicted octanol–water partition coefficient (Wildman–Crippen LogP) is 1.80. The van der Waals surface area contributed by atoms with Gasteiger partial charge in [0.15, 0.2) is 5.16 Å². The molecule has 1 aromatic rings. The highest BCUT2D eigenvalue weighted by Crippen LogP contribution is 2.20. The van der Waals surface area contributed by atoms with E-state index in [2.05, 4.69) is 24.0 Å². The molecule has 2 N–H and O–H groups in total. The summed E-state index contributed by atoms with van der Waals surface area (Å²) in [7, 11) is 1.97. The minimum Gasteiger partial charge on any atom is -0.324 e. The Morgan fingerprint density at radius 1 is 1.47 bits per heavy atom. The molecule has 15 heavy (non-hydrogen) atoms. The average molecular weight is 228 g/mol. The highest BCUT2D eigenvalue weighted by atomic mass is 32.2. The zero-order chi connectivity index (χ0) is 11.3. The number of hydrogen-bond acceptors (Lipinski definition) is 4. The van der Waals surface area contributed by atoms with Gasteiger partial charge < -0.3 is 10.3 Å². The Balaban J connectivity index is 2.47. The van der Waals surface area contributed by atoms with E-state index in [4.69, 9.17) is 5.73 Å². The number of aromatic nitrogens is 3. The summed E-state index contributed by atoms with van der Waals surface area (Å²) in [4.78, 5) is 0. The molecule has 0 radical (unpaired) electrons. The van der Waals surface area contributed by atoms with Crippen molar-refractivity contribution in [1.29, 1.82) is 0 Å². The van der Waals surface area contributed by atoms with Crippen LogP contribution < -0.4 is 5.73 Å². The van der Waals surface area contributed by atoms with Gasteiger partial charge in [-0.15, -0.1) is 10.2 Å². The number of hydrogen-bond donors (Lipinski definition) is 1. The van der Waals surface area contributed by atoms with Crippen molar-refractivity contribution >= 4 is 11.8 Å². The van der Waals surface area contributed by atoms with Gasteiger partial charge in [0.1, 0.15) is 5.82 Å². The third-order valence-corrected chi connectivity index (χ3v) is 3.74. The maximum atomic E-state index is 5.54. The highest BCUT2D eigenvalue weighted by molar-refractivity contribution is 7.99. The van der Waals surface area contributed by atoms with Crippen LogP contribution in [0.4, 0.5) is 0 Å². The van der Waals surface area contributed by atoms with Gasteiger partial charge in [0.2, 0.25) is 0 Å². The molecule has 1 atom stereocenters. The minimum absolute atomic E-state index is 0.453. The van der Waals surface area contributed by atoms with Crippen LogP contribution in [0.1, 0.15) is 32.5 Å². The normalized spacial score (nSPS) is 13.1. The van der Waals surface area contributed by atoms with E-state index in [0.717, 1.165) is 22.7 Å². The van der Waals surface area contributed by atoms with Gasteiger partial charge in [0.05, 0.1) is 6.54 Å². The lowest BCUT2D eigenvalue weighted by atomic mass is 10.1. The van der Waals surface area contributed by atoms with Crippen LogP contribution in [0.25, 0.3) is 0 Å². The highest BCUT2D eigenvalue weighted by Gasteiger charge is 2.09. The summed E-state index contributed by atoms with van der Waals surface area (Å²) in [5.74, 6) is 2.68. The third kappa shape index (κ3) is 3.50. The van der Waals surface area contributed by atoms with Crippen molar-refractivity contribution in [1.82, 2.24) is 14.8 Å². The van der Waals surface area contributed by atoms with Gasteiger partial charge in [-0.05, 0) is 5.92 Å². The monoisotopic (exact) mass is 228 g/mol. The number of thioether (sulfide) groups is 1. The molecule has 0 saturated heterocycles. The molecule has 1 aromatic heterocycles. The molecule has 4 nitrogen and oxygen atoms in total. The maximum Gasteiger partial charge on any atom is 0.190 e. The van der Waals surface area contributed by atoms with Crippen molar-refractivity contribution in [3.8, 4) is 0 Å². The van der Waals surface area contributed by atoms with Crippen molar-refractivity contribution in [3.63, 3.8) is 0 Å². The molecule has 0 aliphatic heterocycles. The van der Waals surface area contributed by atoms with E-state index in [1.54, 1.807) is 11.8 Å². The molecule has 1 heterocycles. The molecular weight excluding hydrogens is 208 g/mol. The van der Waals surface area contributed by atoms with Crippen molar-refractivity contribution in [2.75, 3.05) is 5.75 Å². The largest absolute Gasteiger partial charge is 0.324 e. The molecule has 1 unspecified atom stereocenters. The summed E-state index contributed by atoms with van der Waals surface area (Å²) >= 11 is 1.77. The van der Waals surface area contributed by atoms with Crippen molar-refractivity contribution in [2.24, 2.45) is 18.7 Å². The Bertz CT molecular complexity index is 298. The molecule has 0 amide bonds. The Hall–Kier alpha value is -0.550. The average Bonchev–Trinajstić information content (AvgIpc) is 2.57. The van der Waals surface area contributed by atoms with E-state index in [0.29, 0.717) is 6.54 Å². The number of nitrogens with two attached hydrogens (primary N) is 1. The molecule has 1 rings (SSSR count). The SMILES string of the molecule is CCCC(C)CSc1nnc(CN)n1C. The van der Waals surface area contributed by atoms with Crippen LogP contribution in [0.2, 0.25) is 0 Å². The molecular formula is C10H20N4S. The Morgan fingerprint density at radius 3 is 2.73 bits per heavy atom. The molecule has 0 aliphatic carbocycles. The van der Waals surface area contributed by atoms with E-state index in [1.807, 2.05) is 11.6 Å². The van der Waals surface area contributed by atoms with Crippen LogP contribution in [-0.2, 0) is 13.6 Å². The lowest BCUT2D eigenvalue weighted by Gasteiger charge is -2.08. The second-order valence-electron chi connectivity index (χ2n) is 3.87. The van der Waals surface area contributed by atoms with Crippen molar-refractivity contribution in [3.05, 3.63) is 5.82 Å². The van der Waals surface area contributed by atoms with Gasteiger partial charge in [-0.1, -0.05) is 38.5 Å². The van der Waals surface area contributed by atoms with E-state index < -0.39 is 0 Å².